The summed E-state index contributed by atoms with van der Waals surface area (Å²) in [6.07, 6.45) is 2.78. The predicted octanol–water partition coefficient (Wildman–Crippen LogP) is 6.59. The largest absolute Gasteiger partial charge is 0.444 e. The fourth-order valence-electron chi connectivity index (χ4n) is 7.79. The van der Waals surface area contributed by atoms with Gasteiger partial charge in [0.25, 0.3) is 0 Å². The number of halogens is 1. The van der Waals surface area contributed by atoms with Gasteiger partial charge in [-0.3, -0.25) is 9.69 Å². The van der Waals surface area contributed by atoms with Crippen LogP contribution in [0.3, 0.4) is 0 Å². The molecule has 2 aromatic carbocycles. The van der Waals surface area contributed by atoms with Crippen molar-refractivity contribution in [3.63, 3.8) is 0 Å². The van der Waals surface area contributed by atoms with Crippen LogP contribution in [0.25, 0.3) is 11.1 Å². The third-order valence-corrected chi connectivity index (χ3v) is 10.1. The first-order chi connectivity index (χ1) is 23.1. The fourth-order valence-corrected chi connectivity index (χ4v) is 7.79. The van der Waals surface area contributed by atoms with Crippen molar-refractivity contribution in [1.29, 1.82) is 5.26 Å². The van der Waals surface area contributed by atoms with E-state index in [1.165, 1.54) is 11.0 Å². The Hall–Kier alpha value is -4.17. The number of amides is 3. The van der Waals surface area contributed by atoms with Crippen LogP contribution in [0, 0.1) is 23.1 Å². The second-order valence-electron chi connectivity index (χ2n) is 15.9. The molecule has 4 aliphatic rings. The molecule has 1 saturated carbocycles. The maximum Gasteiger partial charge on any atom is 0.411 e. The molecule has 3 heterocycles. The third kappa shape index (κ3) is 7.25. The topological polar surface area (TPSA) is 121 Å². The van der Waals surface area contributed by atoms with E-state index in [0.29, 0.717) is 43.7 Å². The van der Waals surface area contributed by atoms with Crippen LogP contribution in [0.2, 0.25) is 0 Å². The van der Waals surface area contributed by atoms with E-state index in [-0.39, 0.29) is 24.5 Å². The highest BCUT2D eigenvalue weighted by molar-refractivity contribution is 5.87. The van der Waals surface area contributed by atoms with Crippen LogP contribution in [-0.2, 0) is 37.6 Å². The minimum absolute atomic E-state index is 0.00210. The Balaban J connectivity index is 1.12. The van der Waals surface area contributed by atoms with E-state index in [1.54, 1.807) is 31.7 Å². The van der Waals surface area contributed by atoms with Gasteiger partial charge in [0, 0.05) is 25.6 Å². The molecular weight excluding hydrogens is 627 g/mol. The smallest absolute Gasteiger partial charge is 0.411 e. The average molecular weight is 675 g/mol. The Morgan fingerprint density at radius 3 is 2.31 bits per heavy atom. The zero-order valence-electron chi connectivity index (χ0n) is 29.3. The normalized spacial score (nSPS) is 23.2. The molecule has 3 aliphatic heterocycles. The van der Waals surface area contributed by atoms with Gasteiger partial charge < -0.3 is 24.4 Å². The predicted molar refractivity (Wildman–Crippen MR) is 180 cm³/mol. The minimum Gasteiger partial charge on any atom is -0.444 e. The monoisotopic (exact) mass is 674 g/mol. The summed E-state index contributed by atoms with van der Waals surface area (Å²) in [5, 5.41) is 12.7. The highest BCUT2D eigenvalue weighted by atomic mass is 19.1. The first-order valence-electron chi connectivity index (χ1n) is 17.3. The molecule has 3 amide bonds. The molecule has 3 fully saturated rings. The minimum atomic E-state index is -0.976. The quantitative estimate of drug-likeness (QED) is 0.380. The maximum atomic E-state index is 15.6. The molecular formula is C38H47FN4O6. The number of ether oxygens (including phenoxy) is 3. The molecule has 1 N–H and O–H groups in total. The molecule has 2 aromatic rings. The summed E-state index contributed by atoms with van der Waals surface area (Å²) in [5.74, 6) is -0.880. The van der Waals surface area contributed by atoms with Crippen LogP contribution in [0.1, 0.15) is 90.3 Å². The van der Waals surface area contributed by atoms with Gasteiger partial charge in [0.1, 0.15) is 29.1 Å². The summed E-state index contributed by atoms with van der Waals surface area (Å²) in [7, 11) is 0. The number of likely N-dealkylation sites (tertiary alicyclic amines) is 2. The molecule has 11 heteroatoms. The van der Waals surface area contributed by atoms with Gasteiger partial charge in [-0.2, -0.15) is 5.26 Å². The average Bonchev–Trinajstić information content (AvgIpc) is 3.74. The van der Waals surface area contributed by atoms with Crippen molar-refractivity contribution in [3.05, 3.63) is 58.9 Å². The van der Waals surface area contributed by atoms with Crippen LogP contribution in [0.4, 0.5) is 14.0 Å². The zero-order valence-corrected chi connectivity index (χ0v) is 29.3. The van der Waals surface area contributed by atoms with Crippen LogP contribution in [-0.4, -0.2) is 70.3 Å². The number of carbonyl (C=O) groups excluding carboxylic acids is 3. The summed E-state index contributed by atoms with van der Waals surface area (Å²) in [6.45, 7) is 12.4. The molecule has 10 nitrogen and oxygen atoms in total. The Kier molecular flexibility index (Phi) is 9.16. The molecule has 2 saturated heterocycles. The highest BCUT2D eigenvalue weighted by Gasteiger charge is 2.53. The van der Waals surface area contributed by atoms with E-state index in [1.807, 2.05) is 39.0 Å². The summed E-state index contributed by atoms with van der Waals surface area (Å²) >= 11 is 0. The number of carbonyl (C=O) groups is 3. The van der Waals surface area contributed by atoms with Crippen LogP contribution < -0.4 is 5.32 Å². The van der Waals surface area contributed by atoms with Crippen molar-refractivity contribution >= 4 is 18.1 Å². The van der Waals surface area contributed by atoms with E-state index in [0.717, 1.165) is 36.0 Å². The molecule has 0 radical (unpaired) electrons. The Bertz CT molecular complexity index is 1670. The summed E-state index contributed by atoms with van der Waals surface area (Å²) in [5.41, 5.74) is 2.20. The maximum absolute atomic E-state index is 15.6. The number of nitriles is 1. The molecule has 2 bridgehead atoms. The van der Waals surface area contributed by atoms with Crippen molar-refractivity contribution in [1.82, 2.24) is 15.1 Å². The standard InChI is InChI=1S/C38H47FN4O6/c1-36(2,3)48-34(45)42-15-13-38(14-16-42)30-19-23(8-10-27(30)22-47-38)24-7-9-25(31(39)20-24)17-28(21-40)41-33(44)32-26-11-12-29(18-26)43(32)35(46)49-37(4,5)6/h7-10,19-20,26,28-29,32H,11-18,22H2,1-6H3,(H,41,44)/t26-,28-,29+,32-/m0/s1. The van der Waals surface area contributed by atoms with Gasteiger partial charge in [0.05, 0.1) is 18.3 Å². The summed E-state index contributed by atoms with van der Waals surface area (Å²) in [6, 6.07) is 11.3. The lowest BCUT2D eigenvalue weighted by Gasteiger charge is -2.39. The Morgan fingerprint density at radius 1 is 1.00 bits per heavy atom. The van der Waals surface area contributed by atoms with Gasteiger partial charge in [0.15, 0.2) is 0 Å². The van der Waals surface area contributed by atoms with Gasteiger partial charge in [-0.15, -0.1) is 0 Å². The lowest BCUT2D eigenvalue weighted by atomic mass is 9.82. The van der Waals surface area contributed by atoms with Crippen molar-refractivity contribution < 1.29 is 33.0 Å². The van der Waals surface area contributed by atoms with Crippen molar-refractivity contribution in [2.24, 2.45) is 5.92 Å². The molecule has 6 rings (SSSR count). The SMILES string of the molecule is CC(C)(C)OC(=O)N1CCC2(CC1)OCc1ccc(-c3ccc(C[C@@H](C#N)NC(=O)[C@@H]4[C@H]5CC[C@H](C5)N4C(=O)OC(C)(C)C)c(F)c3)cc12. The number of fused-ring (bicyclic) bond motifs is 4. The van der Waals surface area contributed by atoms with E-state index in [4.69, 9.17) is 14.2 Å². The van der Waals surface area contributed by atoms with Gasteiger partial charge >= 0.3 is 12.2 Å². The lowest BCUT2D eigenvalue weighted by molar-refractivity contribution is -0.128. The third-order valence-electron chi connectivity index (χ3n) is 10.1. The van der Waals surface area contributed by atoms with Gasteiger partial charge in [-0.05, 0) is 120 Å². The number of rotatable bonds is 5. The first-order valence-corrected chi connectivity index (χ1v) is 17.3. The first kappa shape index (κ1) is 34.7. The van der Waals surface area contributed by atoms with Crippen molar-refractivity contribution in [2.75, 3.05) is 13.1 Å². The van der Waals surface area contributed by atoms with Crippen LogP contribution in [0.5, 0.6) is 0 Å². The fraction of sp³-hybridized carbons (Fsp3) is 0.579. The van der Waals surface area contributed by atoms with E-state index in [2.05, 4.69) is 17.5 Å². The molecule has 0 unspecified atom stereocenters. The molecule has 1 aliphatic carbocycles. The lowest BCUT2D eigenvalue weighted by Crippen LogP contribution is -2.55. The number of piperidine rings is 2. The second kappa shape index (κ2) is 12.9. The molecule has 262 valence electrons. The molecule has 1 spiro atoms. The number of nitrogens with zero attached hydrogens (tertiary/aromatic N) is 3. The number of nitrogens with one attached hydrogen (secondary N) is 1. The van der Waals surface area contributed by atoms with Crippen molar-refractivity contribution in [2.45, 2.75) is 122 Å². The zero-order chi connectivity index (χ0) is 35.3. The Morgan fingerprint density at radius 2 is 1.65 bits per heavy atom. The molecule has 49 heavy (non-hydrogen) atoms. The molecule has 0 aromatic heterocycles. The van der Waals surface area contributed by atoms with Crippen LogP contribution in [0.15, 0.2) is 36.4 Å². The van der Waals surface area contributed by atoms with E-state index in [9.17, 15) is 19.6 Å². The van der Waals surface area contributed by atoms with E-state index < -0.39 is 46.7 Å². The number of hydrogen-bond acceptors (Lipinski definition) is 7. The van der Waals surface area contributed by atoms with Gasteiger partial charge in [-0.1, -0.05) is 24.3 Å². The van der Waals surface area contributed by atoms with Gasteiger partial charge in [0.2, 0.25) is 5.91 Å². The second-order valence-corrected chi connectivity index (χ2v) is 15.9. The molecule has 4 atom stereocenters. The number of benzene rings is 2. The van der Waals surface area contributed by atoms with Gasteiger partial charge in [-0.25, -0.2) is 14.0 Å². The Labute approximate surface area is 287 Å². The van der Waals surface area contributed by atoms with E-state index >= 15 is 4.39 Å². The van der Waals surface area contributed by atoms with Crippen molar-refractivity contribution in [3.8, 4) is 17.2 Å². The van der Waals surface area contributed by atoms with Crippen LogP contribution >= 0.6 is 0 Å². The highest BCUT2D eigenvalue weighted by Crippen LogP contribution is 2.46. The number of hydrogen-bond donors (Lipinski definition) is 1. The summed E-state index contributed by atoms with van der Waals surface area (Å²) in [4.78, 5) is 42.4. The summed E-state index contributed by atoms with van der Waals surface area (Å²) < 4.78 is 33.1.